The van der Waals surface area contributed by atoms with Gasteiger partial charge < -0.3 is 9.47 Å². The fourth-order valence-electron chi connectivity index (χ4n) is 3.45. The van der Waals surface area contributed by atoms with E-state index < -0.39 is 0 Å². The molecular weight excluding hydrogens is 240 g/mol. The van der Waals surface area contributed by atoms with Gasteiger partial charge in [-0.1, -0.05) is 26.0 Å². The Morgan fingerprint density at radius 2 is 2.16 bits per heavy atom. The number of ether oxygens (including phenoxy) is 2. The van der Waals surface area contributed by atoms with Gasteiger partial charge in [0.05, 0.1) is 13.0 Å². The molecule has 1 heterocycles. The number of esters is 1. The first kappa shape index (κ1) is 12.5. The smallest absolute Gasteiger partial charge is 0.310 e. The lowest BCUT2D eigenvalue weighted by Gasteiger charge is -2.31. The van der Waals surface area contributed by atoms with Crippen LogP contribution in [0.4, 0.5) is 0 Å². The Kier molecular flexibility index (Phi) is 2.80. The molecule has 19 heavy (non-hydrogen) atoms. The molecule has 1 saturated heterocycles. The first-order valence-electron chi connectivity index (χ1n) is 6.89. The first-order chi connectivity index (χ1) is 9.04. The molecule has 3 nitrogen and oxygen atoms in total. The first-order valence-corrected chi connectivity index (χ1v) is 6.89. The van der Waals surface area contributed by atoms with E-state index in [4.69, 9.17) is 9.47 Å². The molecule has 0 radical (unpaired) electrons. The van der Waals surface area contributed by atoms with Gasteiger partial charge in [-0.15, -0.1) is 0 Å². The van der Waals surface area contributed by atoms with Crippen molar-refractivity contribution in [1.29, 1.82) is 0 Å². The molecule has 1 aliphatic heterocycles. The van der Waals surface area contributed by atoms with Gasteiger partial charge in [-0.25, -0.2) is 0 Å². The molecule has 1 aromatic rings. The number of carbonyl (C=O) groups excluding carboxylic acids is 1. The maximum Gasteiger partial charge on any atom is 0.310 e. The van der Waals surface area contributed by atoms with E-state index in [0.29, 0.717) is 0 Å². The quantitative estimate of drug-likeness (QED) is 0.728. The Morgan fingerprint density at radius 1 is 1.37 bits per heavy atom. The van der Waals surface area contributed by atoms with E-state index in [1.807, 2.05) is 12.1 Å². The Balaban J connectivity index is 2.06. The van der Waals surface area contributed by atoms with Gasteiger partial charge in [-0.2, -0.15) is 0 Å². The second-order valence-electron chi connectivity index (χ2n) is 6.14. The zero-order chi connectivity index (χ0) is 13.6. The van der Waals surface area contributed by atoms with Crippen LogP contribution in [0.1, 0.15) is 31.4 Å². The van der Waals surface area contributed by atoms with Crippen LogP contribution >= 0.6 is 0 Å². The summed E-state index contributed by atoms with van der Waals surface area (Å²) < 4.78 is 11.0. The number of fused-ring (bicyclic) bond motifs is 3. The molecule has 102 valence electrons. The zero-order valence-electron chi connectivity index (χ0n) is 11.7. The predicted molar refractivity (Wildman–Crippen MR) is 72.2 cm³/mol. The van der Waals surface area contributed by atoms with Gasteiger partial charge in [0, 0.05) is 5.41 Å². The van der Waals surface area contributed by atoms with Crippen molar-refractivity contribution in [2.45, 2.75) is 39.2 Å². The monoisotopic (exact) mass is 260 g/mol. The molecule has 0 unspecified atom stereocenters. The zero-order valence-corrected chi connectivity index (χ0v) is 11.7. The minimum Gasteiger partial charge on any atom is -0.496 e. The number of benzene rings is 1. The lowest BCUT2D eigenvalue weighted by molar-refractivity contribution is -0.144. The van der Waals surface area contributed by atoms with E-state index in [9.17, 15) is 4.79 Å². The van der Waals surface area contributed by atoms with Crippen LogP contribution in [0.5, 0.6) is 5.75 Å². The number of hydrogen-bond acceptors (Lipinski definition) is 3. The average molecular weight is 260 g/mol. The van der Waals surface area contributed by atoms with Crippen molar-refractivity contribution in [3.63, 3.8) is 0 Å². The van der Waals surface area contributed by atoms with Gasteiger partial charge in [-0.05, 0) is 36.5 Å². The third kappa shape index (κ3) is 1.83. The summed E-state index contributed by atoms with van der Waals surface area (Å²) in [5.74, 6) is 0.860. The van der Waals surface area contributed by atoms with Crippen LogP contribution in [0, 0.1) is 11.3 Å². The Morgan fingerprint density at radius 3 is 2.89 bits per heavy atom. The topological polar surface area (TPSA) is 35.5 Å². The van der Waals surface area contributed by atoms with E-state index in [0.717, 1.165) is 25.0 Å². The number of rotatable bonds is 1. The summed E-state index contributed by atoms with van der Waals surface area (Å²) in [6.45, 7) is 4.30. The second kappa shape index (κ2) is 4.26. The van der Waals surface area contributed by atoms with Crippen molar-refractivity contribution in [3.8, 4) is 5.75 Å². The minimum atomic E-state index is -0.0716. The van der Waals surface area contributed by atoms with Crippen LogP contribution in [-0.2, 0) is 22.4 Å². The van der Waals surface area contributed by atoms with E-state index in [1.165, 1.54) is 11.1 Å². The molecule has 1 fully saturated rings. The molecule has 2 bridgehead atoms. The number of methoxy groups -OCH3 is 1. The molecule has 0 saturated carbocycles. The standard InChI is InChI=1S/C16H20O3/c1-16(2)12-9-10-5-4-6-13(18-3)11(10)7-8-14(16)19-15(12)17/h4-6,12,14H,7-9H2,1-3H3/t12-,14-/m1/s1. The summed E-state index contributed by atoms with van der Waals surface area (Å²) in [6.07, 6.45) is 2.58. The summed E-state index contributed by atoms with van der Waals surface area (Å²) in [7, 11) is 1.70. The van der Waals surface area contributed by atoms with Crippen LogP contribution < -0.4 is 4.74 Å². The SMILES string of the molecule is COc1cccc2c1CC[C@H]1OC(=O)[C@@H](C2)C1(C)C. The molecule has 1 aromatic carbocycles. The highest BCUT2D eigenvalue weighted by Gasteiger charge is 2.51. The maximum atomic E-state index is 12.1. The number of carbonyl (C=O) groups is 1. The van der Waals surface area contributed by atoms with E-state index in [1.54, 1.807) is 7.11 Å². The van der Waals surface area contributed by atoms with Crippen LogP contribution in [0.2, 0.25) is 0 Å². The molecule has 0 N–H and O–H groups in total. The predicted octanol–water partition coefficient (Wildman–Crippen LogP) is 2.75. The number of hydrogen-bond donors (Lipinski definition) is 0. The summed E-state index contributed by atoms with van der Waals surface area (Å²) in [5, 5.41) is 0. The van der Waals surface area contributed by atoms with Crippen LogP contribution in [0.3, 0.4) is 0 Å². The molecule has 0 aromatic heterocycles. The molecule has 1 aliphatic carbocycles. The van der Waals surface area contributed by atoms with Gasteiger partial charge in [0.15, 0.2) is 0 Å². The van der Waals surface area contributed by atoms with Crippen molar-refractivity contribution >= 4 is 5.97 Å². The third-order valence-corrected chi connectivity index (χ3v) is 4.80. The Bertz CT molecular complexity index is 519. The van der Waals surface area contributed by atoms with Crippen LogP contribution in [-0.4, -0.2) is 19.2 Å². The highest BCUT2D eigenvalue weighted by molar-refractivity contribution is 5.77. The third-order valence-electron chi connectivity index (χ3n) is 4.80. The minimum absolute atomic E-state index is 0.0306. The fraction of sp³-hybridized carbons (Fsp3) is 0.562. The highest BCUT2D eigenvalue weighted by Crippen LogP contribution is 2.46. The highest BCUT2D eigenvalue weighted by atomic mass is 16.6. The van der Waals surface area contributed by atoms with Gasteiger partial charge in [-0.3, -0.25) is 4.79 Å². The Hall–Kier alpha value is -1.51. The van der Waals surface area contributed by atoms with Crippen LogP contribution in [0.15, 0.2) is 18.2 Å². The van der Waals surface area contributed by atoms with Crippen LogP contribution in [0.25, 0.3) is 0 Å². The van der Waals surface area contributed by atoms with E-state index in [2.05, 4.69) is 19.9 Å². The van der Waals surface area contributed by atoms with Gasteiger partial charge in [0.1, 0.15) is 11.9 Å². The summed E-state index contributed by atoms with van der Waals surface area (Å²) >= 11 is 0. The van der Waals surface area contributed by atoms with Gasteiger partial charge in [0.2, 0.25) is 0 Å². The van der Waals surface area contributed by atoms with Gasteiger partial charge >= 0.3 is 5.97 Å². The Labute approximate surface area is 113 Å². The molecule has 3 rings (SSSR count). The fourth-order valence-corrected chi connectivity index (χ4v) is 3.45. The molecule has 2 atom stereocenters. The normalized spacial score (nSPS) is 28.1. The van der Waals surface area contributed by atoms with Gasteiger partial charge in [0.25, 0.3) is 0 Å². The average Bonchev–Trinajstić information content (AvgIpc) is 2.63. The summed E-state index contributed by atoms with van der Waals surface area (Å²) in [5.41, 5.74) is 2.40. The summed E-state index contributed by atoms with van der Waals surface area (Å²) in [4.78, 5) is 12.1. The van der Waals surface area contributed by atoms with Crippen molar-refractivity contribution in [2.75, 3.05) is 7.11 Å². The lowest BCUT2D eigenvalue weighted by atomic mass is 9.70. The van der Waals surface area contributed by atoms with Crippen molar-refractivity contribution in [2.24, 2.45) is 11.3 Å². The molecule has 3 heteroatoms. The molecule has 0 spiro atoms. The van der Waals surface area contributed by atoms with E-state index >= 15 is 0 Å². The largest absolute Gasteiger partial charge is 0.496 e. The summed E-state index contributed by atoms with van der Waals surface area (Å²) in [6, 6.07) is 6.11. The maximum absolute atomic E-state index is 12.1. The van der Waals surface area contributed by atoms with Crippen molar-refractivity contribution in [3.05, 3.63) is 29.3 Å². The van der Waals surface area contributed by atoms with E-state index in [-0.39, 0.29) is 23.4 Å². The molecule has 0 amide bonds. The van der Waals surface area contributed by atoms with Crippen molar-refractivity contribution in [1.82, 2.24) is 0 Å². The lowest BCUT2D eigenvalue weighted by Crippen LogP contribution is -2.34. The second-order valence-corrected chi connectivity index (χ2v) is 6.14. The molecule has 2 aliphatic rings. The molecular formula is C16H20O3. The van der Waals surface area contributed by atoms with Crippen molar-refractivity contribution < 1.29 is 14.3 Å².